The normalized spacial score (nSPS) is 10.2. The Hall–Kier alpha value is -1.55. The number of unbranched alkanes of at least 4 members (excludes halogenated alkanes) is 2. The van der Waals surface area contributed by atoms with Gasteiger partial charge in [0, 0.05) is 12.1 Å². The molecule has 0 saturated heterocycles. The first-order valence-electron chi connectivity index (χ1n) is 6.99. The Morgan fingerprint density at radius 2 is 2.16 bits per heavy atom. The lowest BCUT2D eigenvalue weighted by Gasteiger charge is -2.08. The van der Waals surface area contributed by atoms with Crippen LogP contribution in [0.3, 0.4) is 0 Å². The van der Waals surface area contributed by atoms with Crippen molar-refractivity contribution in [3.8, 4) is 5.75 Å². The molecular formula is C15H24N2O2. The van der Waals surface area contributed by atoms with Gasteiger partial charge in [0.05, 0.1) is 6.61 Å². The molecule has 0 radical (unpaired) electrons. The zero-order chi connectivity index (χ0) is 13.9. The topological polar surface area (TPSA) is 64.3 Å². The molecule has 4 heteroatoms. The van der Waals surface area contributed by atoms with Crippen molar-refractivity contribution in [2.75, 3.05) is 19.7 Å². The first-order valence-corrected chi connectivity index (χ1v) is 6.99. The lowest BCUT2D eigenvalue weighted by atomic mass is 10.2. The van der Waals surface area contributed by atoms with Crippen molar-refractivity contribution in [2.24, 2.45) is 5.73 Å². The van der Waals surface area contributed by atoms with Crippen molar-refractivity contribution in [1.82, 2.24) is 5.32 Å². The summed E-state index contributed by atoms with van der Waals surface area (Å²) in [5, 5.41) is 2.91. The van der Waals surface area contributed by atoms with Gasteiger partial charge in [-0.2, -0.15) is 0 Å². The maximum Gasteiger partial charge on any atom is 0.251 e. The number of hydrogen-bond acceptors (Lipinski definition) is 3. The van der Waals surface area contributed by atoms with Gasteiger partial charge in [-0.3, -0.25) is 4.79 Å². The molecule has 0 spiro atoms. The van der Waals surface area contributed by atoms with E-state index >= 15 is 0 Å². The standard InChI is InChI=1S/C15H24N2O2/c1-2-11-19-14-8-6-7-13(12-14)15(18)17-10-5-3-4-9-16/h6-8,12H,2-5,9-11,16H2,1H3,(H,17,18). The van der Waals surface area contributed by atoms with Gasteiger partial charge < -0.3 is 15.8 Å². The number of ether oxygens (including phenoxy) is 1. The highest BCUT2D eigenvalue weighted by Gasteiger charge is 2.05. The number of amides is 1. The minimum atomic E-state index is -0.0466. The summed E-state index contributed by atoms with van der Waals surface area (Å²) in [4.78, 5) is 11.9. The van der Waals surface area contributed by atoms with Gasteiger partial charge in [-0.15, -0.1) is 0 Å². The van der Waals surface area contributed by atoms with Crippen molar-refractivity contribution in [3.05, 3.63) is 29.8 Å². The zero-order valence-electron chi connectivity index (χ0n) is 11.7. The smallest absolute Gasteiger partial charge is 0.251 e. The van der Waals surface area contributed by atoms with E-state index in [1.807, 2.05) is 12.1 Å². The Kier molecular flexibility index (Phi) is 7.66. The first kappa shape index (κ1) is 15.5. The van der Waals surface area contributed by atoms with Gasteiger partial charge in [0.15, 0.2) is 0 Å². The van der Waals surface area contributed by atoms with Crippen LogP contribution in [0, 0.1) is 0 Å². The summed E-state index contributed by atoms with van der Waals surface area (Å²) in [6, 6.07) is 7.29. The molecule has 0 saturated carbocycles. The van der Waals surface area contributed by atoms with Crippen LogP contribution in [0.1, 0.15) is 43.0 Å². The number of carbonyl (C=O) groups excluding carboxylic acids is 1. The minimum Gasteiger partial charge on any atom is -0.494 e. The maximum atomic E-state index is 11.9. The van der Waals surface area contributed by atoms with Crippen LogP contribution in [0.15, 0.2) is 24.3 Å². The van der Waals surface area contributed by atoms with Crippen LogP contribution < -0.4 is 15.8 Å². The molecule has 1 amide bonds. The first-order chi connectivity index (χ1) is 9.27. The van der Waals surface area contributed by atoms with Crippen LogP contribution in [-0.2, 0) is 0 Å². The van der Waals surface area contributed by atoms with Gasteiger partial charge in [0.1, 0.15) is 5.75 Å². The van der Waals surface area contributed by atoms with E-state index in [0.717, 1.165) is 31.4 Å². The fourth-order valence-corrected chi connectivity index (χ4v) is 1.70. The molecule has 0 atom stereocenters. The summed E-state index contributed by atoms with van der Waals surface area (Å²) in [5.74, 6) is 0.701. The fraction of sp³-hybridized carbons (Fsp3) is 0.533. The van der Waals surface area contributed by atoms with Gasteiger partial charge in [0.2, 0.25) is 0 Å². The summed E-state index contributed by atoms with van der Waals surface area (Å²) < 4.78 is 5.51. The molecule has 1 aromatic rings. The molecule has 0 heterocycles. The van der Waals surface area contributed by atoms with Crippen LogP contribution in [0.2, 0.25) is 0 Å². The van der Waals surface area contributed by atoms with E-state index in [9.17, 15) is 4.79 Å². The van der Waals surface area contributed by atoms with Gasteiger partial charge in [-0.1, -0.05) is 19.4 Å². The molecule has 3 N–H and O–H groups in total. The SMILES string of the molecule is CCCOc1cccc(C(=O)NCCCCCN)c1. The Morgan fingerprint density at radius 3 is 2.89 bits per heavy atom. The van der Waals surface area contributed by atoms with Crippen LogP contribution >= 0.6 is 0 Å². The Bertz CT molecular complexity index is 380. The molecule has 19 heavy (non-hydrogen) atoms. The minimum absolute atomic E-state index is 0.0466. The van der Waals surface area contributed by atoms with Crippen LogP contribution in [0.25, 0.3) is 0 Å². The predicted octanol–water partition coefficient (Wildman–Crippen LogP) is 2.33. The van der Waals surface area contributed by atoms with Gasteiger partial charge in [-0.05, 0) is 44.0 Å². The number of nitrogens with one attached hydrogen (secondary N) is 1. The number of hydrogen-bond donors (Lipinski definition) is 2. The van der Waals surface area contributed by atoms with E-state index in [4.69, 9.17) is 10.5 Å². The van der Waals surface area contributed by atoms with Gasteiger partial charge in [0.25, 0.3) is 5.91 Å². The summed E-state index contributed by atoms with van der Waals surface area (Å²) in [7, 11) is 0. The molecule has 106 valence electrons. The molecule has 0 aliphatic rings. The van der Waals surface area contributed by atoms with Crippen molar-refractivity contribution in [1.29, 1.82) is 0 Å². The highest BCUT2D eigenvalue weighted by molar-refractivity contribution is 5.94. The summed E-state index contributed by atoms with van der Waals surface area (Å²) in [5.41, 5.74) is 6.06. The van der Waals surface area contributed by atoms with Crippen LogP contribution in [0.5, 0.6) is 5.75 Å². The molecule has 1 aromatic carbocycles. The number of benzene rings is 1. The summed E-state index contributed by atoms with van der Waals surface area (Å²) in [6.07, 6.45) is 3.99. The highest BCUT2D eigenvalue weighted by Crippen LogP contribution is 2.13. The van der Waals surface area contributed by atoms with Crippen molar-refractivity contribution >= 4 is 5.91 Å². The van der Waals surface area contributed by atoms with Crippen molar-refractivity contribution in [3.63, 3.8) is 0 Å². The third-order valence-electron chi connectivity index (χ3n) is 2.74. The van der Waals surface area contributed by atoms with E-state index in [2.05, 4.69) is 12.2 Å². The molecule has 1 rings (SSSR count). The summed E-state index contributed by atoms with van der Waals surface area (Å²) >= 11 is 0. The lowest BCUT2D eigenvalue weighted by Crippen LogP contribution is -2.24. The third-order valence-corrected chi connectivity index (χ3v) is 2.74. The zero-order valence-corrected chi connectivity index (χ0v) is 11.7. The Morgan fingerprint density at radius 1 is 1.32 bits per heavy atom. The number of rotatable bonds is 9. The van der Waals surface area contributed by atoms with Crippen LogP contribution in [-0.4, -0.2) is 25.6 Å². The summed E-state index contributed by atoms with van der Waals surface area (Å²) in [6.45, 7) is 4.13. The highest BCUT2D eigenvalue weighted by atomic mass is 16.5. The molecule has 0 aromatic heterocycles. The van der Waals surface area contributed by atoms with E-state index in [1.54, 1.807) is 12.1 Å². The molecule has 0 aliphatic heterocycles. The van der Waals surface area contributed by atoms with Gasteiger partial charge in [-0.25, -0.2) is 0 Å². The average Bonchev–Trinajstić information content (AvgIpc) is 2.45. The predicted molar refractivity (Wildman–Crippen MR) is 77.5 cm³/mol. The molecule has 0 unspecified atom stereocenters. The van der Waals surface area contributed by atoms with E-state index < -0.39 is 0 Å². The second-order valence-electron chi connectivity index (χ2n) is 4.48. The second kappa shape index (κ2) is 9.39. The number of carbonyl (C=O) groups is 1. The van der Waals surface area contributed by atoms with E-state index in [1.165, 1.54) is 0 Å². The molecule has 0 aliphatic carbocycles. The average molecular weight is 264 g/mol. The maximum absolute atomic E-state index is 11.9. The quantitative estimate of drug-likeness (QED) is 0.673. The second-order valence-corrected chi connectivity index (χ2v) is 4.48. The van der Waals surface area contributed by atoms with Crippen molar-refractivity contribution < 1.29 is 9.53 Å². The Labute approximate surface area is 115 Å². The largest absolute Gasteiger partial charge is 0.494 e. The molecular weight excluding hydrogens is 240 g/mol. The van der Waals surface area contributed by atoms with Crippen LogP contribution in [0.4, 0.5) is 0 Å². The van der Waals surface area contributed by atoms with Crippen molar-refractivity contribution in [2.45, 2.75) is 32.6 Å². The molecule has 0 bridgehead atoms. The van der Waals surface area contributed by atoms with E-state index in [0.29, 0.717) is 25.3 Å². The fourth-order valence-electron chi connectivity index (χ4n) is 1.70. The Balaban J connectivity index is 2.38. The van der Waals surface area contributed by atoms with Gasteiger partial charge >= 0.3 is 0 Å². The monoisotopic (exact) mass is 264 g/mol. The molecule has 0 fully saturated rings. The molecule has 4 nitrogen and oxygen atoms in total. The van der Waals surface area contributed by atoms with E-state index in [-0.39, 0.29) is 5.91 Å². The third kappa shape index (κ3) is 6.25. The lowest BCUT2D eigenvalue weighted by molar-refractivity contribution is 0.0952. The number of nitrogens with two attached hydrogens (primary N) is 1.